The minimum Gasteiger partial charge on any atom is -0.493 e. The van der Waals surface area contributed by atoms with Crippen LogP contribution in [0.5, 0.6) is 11.5 Å². The van der Waals surface area contributed by atoms with E-state index in [0.29, 0.717) is 35.9 Å². The average Bonchev–Trinajstić information content (AvgIpc) is 2.60. The number of fused-ring (bicyclic) bond motifs is 1. The Labute approximate surface area is 159 Å². The van der Waals surface area contributed by atoms with Gasteiger partial charge in [-0.1, -0.05) is 50.0 Å². The molecular weight excluding hydrogens is 363 g/mol. The molecule has 1 unspecified atom stereocenters. The third kappa shape index (κ3) is 3.58. The van der Waals surface area contributed by atoms with Gasteiger partial charge in [-0.2, -0.15) is 0 Å². The second-order valence-corrected chi connectivity index (χ2v) is 12.9. The van der Waals surface area contributed by atoms with Gasteiger partial charge in [-0.05, 0) is 24.3 Å². The minimum atomic E-state index is -2.16. The Bertz CT molecular complexity index is 859. The van der Waals surface area contributed by atoms with E-state index in [-0.39, 0.29) is 17.2 Å². The summed E-state index contributed by atoms with van der Waals surface area (Å²) in [6.45, 7) is 6.52. The standard InChI is InChI=1S/C21H25FO4Si/c1-25-18-16(21(23)24)15-14(12-13-8-6-5-7-9-13)10-11-26-19(15)20(17(18)22)27(2,3)4/h5-9,14H,10-12H2,1-4H3,(H,23,24). The van der Waals surface area contributed by atoms with E-state index in [1.165, 1.54) is 7.11 Å². The van der Waals surface area contributed by atoms with Crippen LogP contribution in [0, 0.1) is 5.82 Å². The summed E-state index contributed by atoms with van der Waals surface area (Å²) in [7, 11) is -0.837. The first-order valence-corrected chi connectivity index (χ1v) is 12.6. The Morgan fingerprint density at radius 2 is 1.96 bits per heavy atom. The number of methoxy groups -OCH3 is 1. The first-order chi connectivity index (χ1) is 12.8. The highest BCUT2D eigenvalue weighted by molar-refractivity contribution is 6.89. The lowest BCUT2D eigenvalue weighted by atomic mass is 9.84. The van der Waals surface area contributed by atoms with Crippen LogP contribution < -0.4 is 14.7 Å². The number of carboxylic acids is 1. The Kier molecular flexibility index (Phi) is 5.28. The van der Waals surface area contributed by atoms with Gasteiger partial charge >= 0.3 is 5.97 Å². The van der Waals surface area contributed by atoms with Crippen molar-refractivity contribution in [2.45, 2.75) is 38.4 Å². The number of halogens is 1. The summed E-state index contributed by atoms with van der Waals surface area (Å²) in [5.41, 5.74) is 1.59. The summed E-state index contributed by atoms with van der Waals surface area (Å²) in [6, 6.07) is 9.93. The lowest BCUT2D eigenvalue weighted by Gasteiger charge is -2.33. The molecule has 6 heteroatoms. The fraction of sp³-hybridized carbons (Fsp3) is 0.381. The Balaban J connectivity index is 2.28. The van der Waals surface area contributed by atoms with Crippen LogP contribution in [-0.2, 0) is 6.42 Å². The topological polar surface area (TPSA) is 55.8 Å². The van der Waals surface area contributed by atoms with Crippen LogP contribution in [0.1, 0.15) is 33.8 Å². The SMILES string of the molecule is COc1c(F)c([Si](C)(C)C)c2c(c1C(=O)O)C(Cc1ccccc1)CCO2. The fourth-order valence-electron chi connectivity index (χ4n) is 3.86. The molecule has 0 bridgehead atoms. The molecule has 4 nitrogen and oxygen atoms in total. The summed E-state index contributed by atoms with van der Waals surface area (Å²) in [5, 5.41) is 10.4. The Hall–Kier alpha value is -2.34. The molecule has 1 N–H and O–H groups in total. The molecule has 1 aliphatic rings. The molecule has 3 rings (SSSR count). The van der Waals surface area contributed by atoms with E-state index < -0.39 is 19.9 Å². The van der Waals surface area contributed by atoms with Gasteiger partial charge < -0.3 is 14.6 Å². The summed E-state index contributed by atoms with van der Waals surface area (Å²) in [4.78, 5) is 12.1. The second kappa shape index (κ2) is 7.35. The zero-order valence-electron chi connectivity index (χ0n) is 16.1. The molecule has 0 amide bonds. The van der Waals surface area contributed by atoms with E-state index in [1.807, 2.05) is 50.0 Å². The molecule has 144 valence electrons. The highest BCUT2D eigenvalue weighted by Crippen LogP contribution is 2.43. The molecule has 0 saturated heterocycles. The van der Waals surface area contributed by atoms with Gasteiger partial charge in [-0.15, -0.1) is 0 Å². The second-order valence-electron chi connectivity index (χ2n) is 7.92. The van der Waals surface area contributed by atoms with Crippen LogP contribution in [0.3, 0.4) is 0 Å². The molecule has 0 radical (unpaired) electrons. The molecular formula is C21H25FO4Si. The molecule has 0 saturated carbocycles. The van der Waals surface area contributed by atoms with Crippen molar-refractivity contribution in [3.05, 3.63) is 52.8 Å². The number of ether oxygens (including phenoxy) is 2. The number of aromatic carboxylic acids is 1. The number of benzene rings is 2. The van der Waals surface area contributed by atoms with E-state index in [0.717, 1.165) is 5.56 Å². The van der Waals surface area contributed by atoms with Crippen LogP contribution >= 0.6 is 0 Å². The maximum atomic E-state index is 15.3. The fourth-order valence-corrected chi connectivity index (χ4v) is 5.52. The molecule has 2 aromatic carbocycles. The van der Waals surface area contributed by atoms with Crippen molar-refractivity contribution in [1.82, 2.24) is 0 Å². The minimum absolute atomic E-state index is 0.0631. The van der Waals surface area contributed by atoms with Gasteiger partial charge in [0.05, 0.1) is 21.8 Å². The van der Waals surface area contributed by atoms with Crippen molar-refractivity contribution < 1.29 is 23.8 Å². The zero-order valence-corrected chi connectivity index (χ0v) is 17.1. The monoisotopic (exact) mass is 388 g/mol. The largest absolute Gasteiger partial charge is 0.493 e. The Morgan fingerprint density at radius 3 is 2.52 bits per heavy atom. The zero-order chi connectivity index (χ0) is 19.8. The number of hydrogen-bond acceptors (Lipinski definition) is 3. The normalized spacial score (nSPS) is 16.4. The van der Waals surface area contributed by atoms with E-state index in [9.17, 15) is 9.90 Å². The third-order valence-corrected chi connectivity index (χ3v) is 6.95. The summed E-state index contributed by atoms with van der Waals surface area (Å²) >= 11 is 0. The maximum absolute atomic E-state index is 15.3. The van der Waals surface area contributed by atoms with Crippen LogP contribution in [0.4, 0.5) is 4.39 Å². The molecule has 0 fully saturated rings. The average molecular weight is 389 g/mol. The molecule has 0 spiro atoms. The summed E-state index contributed by atoms with van der Waals surface area (Å²) in [6.07, 6.45) is 1.36. The van der Waals surface area contributed by atoms with Crippen molar-refractivity contribution >= 4 is 19.2 Å². The van der Waals surface area contributed by atoms with E-state index in [4.69, 9.17) is 9.47 Å². The first-order valence-electron chi connectivity index (χ1n) is 9.09. The highest BCUT2D eigenvalue weighted by atomic mass is 28.3. The summed E-state index contributed by atoms with van der Waals surface area (Å²) < 4.78 is 26.4. The number of hydrogen-bond donors (Lipinski definition) is 1. The van der Waals surface area contributed by atoms with Gasteiger partial charge in [0.25, 0.3) is 0 Å². The van der Waals surface area contributed by atoms with Crippen LogP contribution in [-0.4, -0.2) is 32.9 Å². The lowest BCUT2D eigenvalue weighted by molar-refractivity contribution is 0.0688. The van der Waals surface area contributed by atoms with Gasteiger partial charge in [-0.3, -0.25) is 0 Å². The van der Waals surface area contributed by atoms with Gasteiger partial charge in [0.1, 0.15) is 11.3 Å². The van der Waals surface area contributed by atoms with Crippen molar-refractivity contribution in [3.8, 4) is 11.5 Å². The smallest absolute Gasteiger partial charge is 0.340 e. The molecule has 0 aliphatic carbocycles. The van der Waals surface area contributed by atoms with Gasteiger partial charge in [0.15, 0.2) is 11.6 Å². The number of carboxylic acid groups (broad SMARTS) is 1. The molecule has 2 aromatic rings. The predicted octanol–water partition coefficient (Wildman–Crippen LogP) is 4.19. The van der Waals surface area contributed by atoms with Crippen LogP contribution in [0.15, 0.2) is 30.3 Å². The molecule has 1 atom stereocenters. The maximum Gasteiger partial charge on any atom is 0.340 e. The van der Waals surface area contributed by atoms with Crippen molar-refractivity contribution in [3.63, 3.8) is 0 Å². The van der Waals surface area contributed by atoms with Gasteiger partial charge in [0.2, 0.25) is 0 Å². The summed E-state index contributed by atoms with van der Waals surface area (Å²) in [5.74, 6) is -1.59. The van der Waals surface area contributed by atoms with Gasteiger partial charge in [0, 0.05) is 10.8 Å². The van der Waals surface area contributed by atoms with E-state index in [2.05, 4.69) is 0 Å². The quantitative estimate of drug-likeness (QED) is 0.781. The van der Waals surface area contributed by atoms with E-state index in [1.54, 1.807) is 0 Å². The molecule has 27 heavy (non-hydrogen) atoms. The van der Waals surface area contributed by atoms with Crippen molar-refractivity contribution in [1.29, 1.82) is 0 Å². The first kappa shape index (κ1) is 19.4. The predicted molar refractivity (Wildman–Crippen MR) is 106 cm³/mol. The van der Waals surface area contributed by atoms with Gasteiger partial charge in [-0.25, -0.2) is 9.18 Å². The van der Waals surface area contributed by atoms with Crippen LogP contribution in [0.2, 0.25) is 19.6 Å². The van der Waals surface area contributed by atoms with Crippen molar-refractivity contribution in [2.75, 3.05) is 13.7 Å². The number of rotatable bonds is 5. The highest BCUT2D eigenvalue weighted by Gasteiger charge is 2.39. The van der Waals surface area contributed by atoms with E-state index >= 15 is 4.39 Å². The third-order valence-electron chi connectivity index (χ3n) is 5.00. The lowest BCUT2D eigenvalue weighted by Crippen LogP contribution is -2.43. The van der Waals surface area contributed by atoms with Crippen LogP contribution in [0.25, 0.3) is 0 Å². The Morgan fingerprint density at radius 1 is 1.30 bits per heavy atom. The molecule has 0 aromatic heterocycles. The molecule has 1 heterocycles. The number of carbonyl (C=O) groups is 1. The van der Waals surface area contributed by atoms with Crippen molar-refractivity contribution in [2.24, 2.45) is 0 Å². The molecule has 1 aliphatic heterocycles.